The van der Waals surface area contributed by atoms with Gasteiger partial charge in [-0.15, -0.1) is 0 Å². The minimum Gasteiger partial charge on any atom is -0.351 e. The average Bonchev–Trinajstić information content (AvgIpc) is 2.63. The highest BCUT2D eigenvalue weighted by atomic mass is 19.2. The molecule has 24 heavy (non-hydrogen) atoms. The lowest BCUT2D eigenvalue weighted by molar-refractivity contribution is -0.280. The van der Waals surface area contributed by atoms with E-state index in [1.165, 1.54) is 6.07 Å². The number of rotatable bonds is 4. The number of hydrogen-bond acceptors (Lipinski definition) is 4. The van der Waals surface area contributed by atoms with Crippen molar-refractivity contribution in [1.29, 1.82) is 0 Å². The first-order chi connectivity index (χ1) is 11.7. The molecule has 0 amide bonds. The SMILES string of the molecule is CCC=CC1COC(C2COC(c3ccc(F)c(F)c3)OC2)OC1. The van der Waals surface area contributed by atoms with Crippen LogP contribution in [0.4, 0.5) is 8.78 Å². The molecule has 2 fully saturated rings. The maximum absolute atomic E-state index is 13.3. The Bertz CT molecular complexity index is 562. The van der Waals surface area contributed by atoms with Crippen molar-refractivity contribution in [3.63, 3.8) is 0 Å². The van der Waals surface area contributed by atoms with Gasteiger partial charge < -0.3 is 18.9 Å². The Balaban J connectivity index is 1.49. The number of allylic oxidation sites excluding steroid dienone is 1. The summed E-state index contributed by atoms with van der Waals surface area (Å²) in [6.45, 7) is 4.08. The molecule has 0 aliphatic carbocycles. The normalized spacial score (nSPS) is 31.5. The van der Waals surface area contributed by atoms with E-state index in [-0.39, 0.29) is 18.1 Å². The van der Waals surface area contributed by atoms with E-state index in [0.717, 1.165) is 18.6 Å². The summed E-state index contributed by atoms with van der Waals surface area (Å²) in [6.07, 6.45) is 4.16. The molecule has 2 aliphatic rings. The van der Waals surface area contributed by atoms with E-state index < -0.39 is 17.9 Å². The highest BCUT2D eigenvalue weighted by Gasteiger charge is 2.33. The van der Waals surface area contributed by atoms with E-state index in [0.29, 0.717) is 32.0 Å². The summed E-state index contributed by atoms with van der Waals surface area (Å²) in [5.74, 6) is -1.56. The van der Waals surface area contributed by atoms with Gasteiger partial charge in [0.2, 0.25) is 0 Å². The van der Waals surface area contributed by atoms with Gasteiger partial charge in [-0.3, -0.25) is 0 Å². The summed E-state index contributed by atoms with van der Waals surface area (Å²) in [4.78, 5) is 0. The third-order valence-corrected chi connectivity index (χ3v) is 4.12. The lowest BCUT2D eigenvalue weighted by atomic mass is 10.1. The van der Waals surface area contributed by atoms with Crippen molar-refractivity contribution in [2.75, 3.05) is 26.4 Å². The van der Waals surface area contributed by atoms with Crippen LogP contribution in [0.15, 0.2) is 30.4 Å². The predicted octanol–water partition coefficient (Wildman–Crippen LogP) is 3.58. The number of ether oxygens (including phenoxy) is 4. The van der Waals surface area contributed by atoms with Crippen LogP contribution in [0.5, 0.6) is 0 Å². The molecule has 0 bridgehead atoms. The second-order valence-electron chi connectivity index (χ2n) is 6.06. The fourth-order valence-electron chi connectivity index (χ4n) is 2.77. The van der Waals surface area contributed by atoms with Crippen LogP contribution in [0.2, 0.25) is 0 Å². The van der Waals surface area contributed by atoms with E-state index >= 15 is 0 Å². The van der Waals surface area contributed by atoms with Crippen LogP contribution in [0, 0.1) is 23.5 Å². The molecular weight excluding hydrogens is 318 g/mol. The van der Waals surface area contributed by atoms with Gasteiger partial charge in [0.15, 0.2) is 24.2 Å². The van der Waals surface area contributed by atoms with Crippen molar-refractivity contribution in [3.8, 4) is 0 Å². The topological polar surface area (TPSA) is 36.9 Å². The molecule has 6 heteroatoms. The van der Waals surface area contributed by atoms with Crippen LogP contribution in [0.1, 0.15) is 25.2 Å². The summed E-state index contributed by atoms with van der Waals surface area (Å²) in [5.41, 5.74) is 0.461. The molecule has 2 saturated heterocycles. The molecule has 4 nitrogen and oxygen atoms in total. The molecule has 0 radical (unpaired) electrons. The first kappa shape index (κ1) is 17.5. The molecule has 0 atom stereocenters. The average molecular weight is 340 g/mol. The molecule has 3 rings (SSSR count). The van der Waals surface area contributed by atoms with Crippen LogP contribution in [0.25, 0.3) is 0 Å². The minimum atomic E-state index is -0.910. The minimum absolute atomic E-state index is 0.0392. The van der Waals surface area contributed by atoms with Gasteiger partial charge >= 0.3 is 0 Å². The Morgan fingerprint density at radius 1 is 1.00 bits per heavy atom. The van der Waals surface area contributed by atoms with Crippen LogP contribution < -0.4 is 0 Å². The Hall–Kier alpha value is -1.34. The monoisotopic (exact) mass is 340 g/mol. The van der Waals surface area contributed by atoms with Gasteiger partial charge in [0.1, 0.15) is 0 Å². The molecule has 1 aromatic carbocycles. The largest absolute Gasteiger partial charge is 0.351 e. The van der Waals surface area contributed by atoms with Crippen LogP contribution in [-0.4, -0.2) is 32.7 Å². The van der Waals surface area contributed by atoms with Crippen molar-refractivity contribution in [2.24, 2.45) is 11.8 Å². The number of hydrogen-bond donors (Lipinski definition) is 0. The maximum Gasteiger partial charge on any atom is 0.183 e. The lowest BCUT2D eigenvalue weighted by Gasteiger charge is -2.37. The standard InChI is InChI=1S/C18H22F2O4/c1-2-3-4-12-8-21-18(22-9-12)14-10-23-17(24-11-14)13-5-6-15(19)16(20)7-13/h3-7,12,14,17-18H,2,8-11H2,1H3. The molecule has 0 aromatic heterocycles. The summed E-state index contributed by atoms with van der Waals surface area (Å²) in [7, 11) is 0. The van der Waals surface area contributed by atoms with E-state index in [2.05, 4.69) is 19.1 Å². The molecule has 1 aromatic rings. The lowest BCUT2D eigenvalue weighted by Crippen LogP contribution is -2.42. The molecule has 2 aliphatic heterocycles. The molecule has 0 N–H and O–H groups in total. The van der Waals surface area contributed by atoms with Crippen molar-refractivity contribution >= 4 is 0 Å². The predicted molar refractivity (Wildman–Crippen MR) is 83.1 cm³/mol. The van der Waals surface area contributed by atoms with E-state index in [4.69, 9.17) is 18.9 Å². The Morgan fingerprint density at radius 3 is 2.33 bits per heavy atom. The zero-order valence-electron chi connectivity index (χ0n) is 13.6. The van der Waals surface area contributed by atoms with Crippen LogP contribution in [0.3, 0.4) is 0 Å². The molecule has 0 spiro atoms. The Labute approximate surface area is 140 Å². The Morgan fingerprint density at radius 2 is 1.71 bits per heavy atom. The van der Waals surface area contributed by atoms with Gasteiger partial charge in [0, 0.05) is 11.5 Å². The zero-order valence-corrected chi connectivity index (χ0v) is 13.6. The van der Waals surface area contributed by atoms with Crippen molar-refractivity contribution in [3.05, 3.63) is 47.5 Å². The number of halogens is 2. The summed E-state index contributed by atoms with van der Waals surface area (Å²) < 4.78 is 49.1. The van der Waals surface area contributed by atoms with Gasteiger partial charge in [0.25, 0.3) is 0 Å². The van der Waals surface area contributed by atoms with E-state index in [9.17, 15) is 8.78 Å². The molecule has 132 valence electrons. The maximum atomic E-state index is 13.3. The molecular formula is C18H22F2O4. The first-order valence-corrected chi connectivity index (χ1v) is 8.25. The molecule has 0 unspecified atom stereocenters. The summed E-state index contributed by atoms with van der Waals surface area (Å²) in [6, 6.07) is 3.63. The van der Waals surface area contributed by atoms with E-state index in [1.54, 1.807) is 0 Å². The van der Waals surface area contributed by atoms with Crippen molar-refractivity contribution in [1.82, 2.24) is 0 Å². The highest BCUT2D eigenvalue weighted by molar-refractivity contribution is 5.19. The first-order valence-electron chi connectivity index (χ1n) is 8.25. The molecule has 2 heterocycles. The van der Waals surface area contributed by atoms with Gasteiger partial charge in [-0.2, -0.15) is 0 Å². The van der Waals surface area contributed by atoms with Gasteiger partial charge in [-0.1, -0.05) is 25.1 Å². The third-order valence-electron chi connectivity index (χ3n) is 4.12. The quantitative estimate of drug-likeness (QED) is 0.785. The van der Waals surface area contributed by atoms with E-state index in [1.807, 2.05) is 0 Å². The highest BCUT2D eigenvalue weighted by Crippen LogP contribution is 2.29. The van der Waals surface area contributed by atoms with Gasteiger partial charge in [-0.05, 0) is 18.6 Å². The summed E-state index contributed by atoms with van der Waals surface area (Å²) in [5, 5.41) is 0. The fourth-order valence-corrected chi connectivity index (χ4v) is 2.77. The van der Waals surface area contributed by atoms with Crippen molar-refractivity contribution < 1.29 is 27.7 Å². The zero-order chi connectivity index (χ0) is 16.9. The second-order valence-corrected chi connectivity index (χ2v) is 6.06. The second kappa shape index (κ2) is 8.16. The van der Waals surface area contributed by atoms with Crippen molar-refractivity contribution in [2.45, 2.75) is 25.9 Å². The molecule has 0 saturated carbocycles. The van der Waals surface area contributed by atoms with Crippen LogP contribution in [-0.2, 0) is 18.9 Å². The fraction of sp³-hybridized carbons (Fsp3) is 0.556. The van der Waals surface area contributed by atoms with Gasteiger partial charge in [0.05, 0.1) is 32.3 Å². The Kier molecular flexibility index (Phi) is 5.94. The third kappa shape index (κ3) is 4.19. The van der Waals surface area contributed by atoms with Gasteiger partial charge in [-0.25, -0.2) is 8.78 Å². The van der Waals surface area contributed by atoms with Crippen LogP contribution >= 0.6 is 0 Å². The summed E-state index contributed by atoms with van der Waals surface area (Å²) >= 11 is 0. The smallest absolute Gasteiger partial charge is 0.183 e. The number of benzene rings is 1.